The van der Waals surface area contributed by atoms with Crippen molar-refractivity contribution in [2.24, 2.45) is 0 Å². The van der Waals surface area contributed by atoms with E-state index in [1.54, 1.807) is 45.7 Å². The van der Waals surface area contributed by atoms with E-state index in [4.69, 9.17) is 9.47 Å². The summed E-state index contributed by atoms with van der Waals surface area (Å²) in [4.78, 5) is 28.8. The third-order valence-corrected chi connectivity index (χ3v) is 5.44. The fourth-order valence-corrected chi connectivity index (χ4v) is 3.86. The third kappa shape index (κ3) is 5.71. The number of carbonyl (C=O) groups excluding carboxylic acids is 2. The average Bonchev–Trinajstić information content (AvgIpc) is 3.30. The molecule has 32 heavy (non-hydrogen) atoms. The van der Waals surface area contributed by atoms with Crippen LogP contribution in [0.4, 0.5) is 9.93 Å². The van der Waals surface area contributed by atoms with Crippen molar-refractivity contribution in [3.05, 3.63) is 46.6 Å². The maximum absolute atomic E-state index is 12.1. The molecule has 1 unspecified atom stereocenters. The summed E-state index contributed by atoms with van der Waals surface area (Å²) < 4.78 is 12.1. The summed E-state index contributed by atoms with van der Waals surface area (Å²) in [5.41, 5.74) is 1.36. The highest BCUT2D eigenvalue weighted by atomic mass is 32.1. The van der Waals surface area contributed by atoms with E-state index in [9.17, 15) is 14.7 Å². The normalized spacial score (nSPS) is 12.3. The molecule has 0 radical (unpaired) electrons. The molecule has 2 N–H and O–H groups in total. The zero-order valence-electron chi connectivity index (χ0n) is 18.6. The van der Waals surface area contributed by atoms with Crippen molar-refractivity contribution in [1.29, 1.82) is 0 Å². The lowest BCUT2D eigenvalue weighted by atomic mass is 10.1. The van der Waals surface area contributed by atoms with Crippen molar-refractivity contribution < 1.29 is 24.2 Å². The molecule has 3 aromatic rings. The van der Waals surface area contributed by atoms with Crippen molar-refractivity contribution >= 4 is 28.8 Å². The predicted octanol–water partition coefficient (Wildman–Crippen LogP) is 4.28. The number of methoxy groups -OCH3 is 1. The number of anilines is 1. The molecule has 1 aromatic carbocycles. The first kappa shape index (κ1) is 23.4. The van der Waals surface area contributed by atoms with Crippen LogP contribution in [0.1, 0.15) is 54.7 Å². The fourth-order valence-electron chi connectivity index (χ4n) is 2.96. The van der Waals surface area contributed by atoms with Gasteiger partial charge in [-0.1, -0.05) is 23.5 Å². The second-order valence-corrected chi connectivity index (χ2v) is 9.16. The van der Waals surface area contributed by atoms with Crippen molar-refractivity contribution in [3.8, 4) is 17.0 Å². The van der Waals surface area contributed by atoms with Crippen LogP contribution in [0, 0.1) is 0 Å². The lowest BCUT2D eigenvalue weighted by molar-refractivity contribution is 0.0635. The van der Waals surface area contributed by atoms with Crippen LogP contribution < -0.4 is 10.1 Å². The number of benzene rings is 1. The average molecular weight is 459 g/mol. The Morgan fingerprint density at radius 3 is 2.56 bits per heavy atom. The number of amides is 1. The summed E-state index contributed by atoms with van der Waals surface area (Å²) in [6.45, 7) is 7.30. The van der Waals surface area contributed by atoms with E-state index in [2.05, 4.69) is 15.4 Å². The maximum atomic E-state index is 12.1. The Bertz CT molecular complexity index is 1100. The van der Waals surface area contributed by atoms with Gasteiger partial charge in [-0.2, -0.15) is 5.10 Å². The largest absolute Gasteiger partial charge is 0.497 e. The van der Waals surface area contributed by atoms with Gasteiger partial charge >= 0.3 is 6.09 Å². The van der Waals surface area contributed by atoms with E-state index in [0.29, 0.717) is 29.0 Å². The predicted molar refractivity (Wildman–Crippen MR) is 121 cm³/mol. The second kappa shape index (κ2) is 9.49. The summed E-state index contributed by atoms with van der Waals surface area (Å²) in [7, 11) is 1.60. The van der Waals surface area contributed by atoms with Gasteiger partial charge in [-0.05, 0) is 45.4 Å². The molecule has 0 saturated carbocycles. The summed E-state index contributed by atoms with van der Waals surface area (Å²) in [5.74, 6) is 0.748. The van der Waals surface area contributed by atoms with Crippen molar-refractivity contribution in [2.75, 3.05) is 12.4 Å². The van der Waals surface area contributed by atoms with Gasteiger partial charge in [0.2, 0.25) is 0 Å². The second-order valence-electron chi connectivity index (χ2n) is 8.13. The van der Waals surface area contributed by atoms with Gasteiger partial charge < -0.3 is 14.6 Å². The molecule has 9 nitrogen and oxygen atoms in total. The van der Waals surface area contributed by atoms with Crippen molar-refractivity contribution in [2.45, 2.75) is 45.9 Å². The van der Waals surface area contributed by atoms with Crippen LogP contribution in [0.25, 0.3) is 11.3 Å². The van der Waals surface area contributed by atoms with Crippen molar-refractivity contribution in [1.82, 2.24) is 14.8 Å². The van der Waals surface area contributed by atoms with Gasteiger partial charge in [0.15, 0.2) is 11.4 Å². The first-order valence-electron chi connectivity index (χ1n) is 9.94. The van der Waals surface area contributed by atoms with Crippen LogP contribution in [0.5, 0.6) is 5.75 Å². The zero-order valence-corrected chi connectivity index (χ0v) is 19.4. The number of hydrogen-bond donors (Lipinski definition) is 2. The molecular weight excluding hydrogens is 432 g/mol. The van der Waals surface area contributed by atoms with Gasteiger partial charge in [0, 0.05) is 6.20 Å². The van der Waals surface area contributed by atoms with E-state index in [1.165, 1.54) is 0 Å². The van der Waals surface area contributed by atoms with Gasteiger partial charge in [-0.3, -0.25) is 14.8 Å². The number of nitrogens with one attached hydrogen (secondary N) is 1. The van der Waals surface area contributed by atoms with Crippen LogP contribution in [-0.4, -0.2) is 45.0 Å². The van der Waals surface area contributed by atoms with E-state index in [0.717, 1.165) is 22.6 Å². The number of hydrogen-bond acceptors (Lipinski definition) is 8. The van der Waals surface area contributed by atoms with Gasteiger partial charge in [-0.15, -0.1) is 0 Å². The zero-order chi connectivity index (χ0) is 23.5. The number of aliphatic hydroxyl groups excluding tert-OH is 1. The van der Waals surface area contributed by atoms with Gasteiger partial charge in [-0.25, -0.2) is 9.78 Å². The summed E-state index contributed by atoms with van der Waals surface area (Å²) in [6, 6.07) is 7.52. The molecule has 170 valence electrons. The first-order chi connectivity index (χ1) is 15.1. The van der Waals surface area contributed by atoms with E-state index < -0.39 is 17.8 Å². The molecule has 2 heterocycles. The quantitative estimate of drug-likeness (QED) is 0.508. The minimum absolute atomic E-state index is 0.189. The molecule has 0 fully saturated rings. The van der Waals surface area contributed by atoms with Crippen LogP contribution in [0.2, 0.25) is 0 Å². The Morgan fingerprint density at radius 2 is 2.00 bits per heavy atom. The van der Waals surface area contributed by atoms with Gasteiger partial charge in [0.1, 0.15) is 17.0 Å². The summed E-state index contributed by atoms with van der Waals surface area (Å²) in [6.07, 6.45) is 0.833. The molecule has 0 aliphatic rings. The molecule has 2 aromatic heterocycles. The lowest BCUT2D eigenvalue weighted by Crippen LogP contribution is -2.27. The summed E-state index contributed by atoms with van der Waals surface area (Å²) >= 11 is 1.11. The number of thiazole rings is 1. The smallest absolute Gasteiger partial charge is 0.413 e. The molecule has 0 spiro atoms. The molecule has 0 aliphatic carbocycles. The molecule has 3 rings (SSSR count). The van der Waals surface area contributed by atoms with Gasteiger partial charge in [0.05, 0.1) is 35.9 Å². The number of ether oxygens (including phenoxy) is 2. The molecular formula is C22H26N4O5S. The number of carbonyl (C=O) groups is 2. The SMILES string of the molecule is COc1ccc(Cn2cc(-c3nc(NC(=O)OC(C)(C)C)sc3C(C)O)c(C=O)n2)cc1. The number of aliphatic hydroxyl groups is 1. The molecule has 0 saturated heterocycles. The molecule has 1 amide bonds. The lowest BCUT2D eigenvalue weighted by Gasteiger charge is -2.18. The van der Waals surface area contributed by atoms with E-state index >= 15 is 0 Å². The number of rotatable bonds is 7. The Labute approximate surface area is 190 Å². The maximum Gasteiger partial charge on any atom is 0.413 e. The molecule has 10 heteroatoms. The highest BCUT2D eigenvalue weighted by Gasteiger charge is 2.24. The number of nitrogens with zero attached hydrogens (tertiary/aromatic N) is 3. The molecule has 0 bridgehead atoms. The minimum atomic E-state index is -0.860. The Morgan fingerprint density at radius 1 is 1.31 bits per heavy atom. The van der Waals surface area contributed by atoms with E-state index in [-0.39, 0.29) is 10.8 Å². The highest BCUT2D eigenvalue weighted by molar-refractivity contribution is 7.16. The Hall–Kier alpha value is -3.24. The highest BCUT2D eigenvalue weighted by Crippen LogP contribution is 2.36. The van der Waals surface area contributed by atoms with Gasteiger partial charge in [0.25, 0.3) is 0 Å². The first-order valence-corrected chi connectivity index (χ1v) is 10.8. The van der Waals surface area contributed by atoms with Crippen LogP contribution in [-0.2, 0) is 11.3 Å². The van der Waals surface area contributed by atoms with Crippen LogP contribution in [0.3, 0.4) is 0 Å². The minimum Gasteiger partial charge on any atom is -0.497 e. The third-order valence-electron chi connectivity index (χ3n) is 4.30. The standard InChI is InChI=1S/C22H26N4O5S/c1-13(28)19-18(23-20(32-19)24-21(29)31-22(2,3)4)16-11-26(25-17(16)12-27)10-14-6-8-15(30-5)9-7-14/h6-9,11-13,28H,10H2,1-5H3,(H,23,24,29). The van der Waals surface area contributed by atoms with Crippen LogP contribution in [0.15, 0.2) is 30.5 Å². The fraction of sp³-hybridized carbons (Fsp3) is 0.364. The summed E-state index contributed by atoms with van der Waals surface area (Å²) in [5, 5.41) is 17.4. The molecule has 1 atom stereocenters. The van der Waals surface area contributed by atoms with Crippen molar-refractivity contribution in [3.63, 3.8) is 0 Å². The Balaban J connectivity index is 1.91. The number of aldehydes is 1. The molecule has 0 aliphatic heterocycles. The van der Waals surface area contributed by atoms with E-state index in [1.807, 2.05) is 24.3 Å². The Kier molecular flexibility index (Phi) is 6.95. The number of aromatic nitrogens is 3. The van der Waals surface area contributed by atoms with Crippen LogP contribution >= 0.6 is 11.3 Å². The monoisotopic (exact) mass is 458 g/mol. The topological polar surface area (TPSA) is 116 Å².